The van der Waals surface area contributed by atoms with Gasteiger partial charge >= 0.3 is 0 Å². The van der Waals surface area contributed by atoms with Gasteiger partial charge in [0.25, 0.3) is 0 Å². The Labute approximate surface area is 132 Å². The summed E-state index contributed by atoms with van der Waals surface area (Å²) in [5.74, 6) is 0.247. The lowest BCUT2D eigenvalue weighted by Crippen LogP contribution is -2.46. The van der Waals surface area contributed by atoms with Crippen molar-refractivity contribution in [1.29, 1.82) is 0 Å². The van der Waals surface area contributed by atoms with Crippen LogP contribution in [0.25, 0.3) is 0 Å². The van der Waals surface area contributed by atoms with E-state index in [1.54, 1.807) is 0 Å². The second kappa shape index (κ2) is 7.11. The summed E-state index contributed by atoms with van der Waals surface area (Å²) in [7, 11) is 0. The van der Waals surface area contributed by atoms with Crippen molar-refractivity contribution in [3.8, 4) is 0 Å². The Balaban J connectivity index is 1.59. The summed E-state index contributed by atoms with van der Waals surface area (Å²) in [5, 5.41) is 7.49. The SMILES string of the molecule is CC1CC(=O)N(CCCN2CCNCC2)N1c1ccccc1. The number of amides is 1. The lowest BCUT2D eigenvalue weighted by molar-refractivity contribution is -0.128. The molecule has 0 saturated carbocycles. The van der Waals surface area contributed by atoms with Gasteiger partial charge in [0.05, 0.1) is 18.2 Å². The lowest BCUT2D eigenvalue weighted by Gasteiger charge is -2.34. The van der Waals surface area contributed by atoms with E-state index >= 15 is 0 Å². The first-order chi connectivity index (χ1) is 10.8. The molecule has 2 aliphatic rings. The molecule has 0 bridgehead atoms. The van der Waals surface area contributed by atoms with E-state index in [1.807, 2.05) is 23.2 Å². The van der Waals surface area contributed by atoms with Crippen molar-refractivity contribution in [3.05, 3.63) is 30.3 Å². The molecule has 2 saturated heterocycles. The zero-order valence-electron chi connectivity index (χ0n) is 13.4. The first kappa shape index (κ1) is 15.3. The summed E-state index contributed by atoms with van der Waals surface area (Å²) in [5.41, 5.74) is 1.11. The number of rotatable bonds is 5. The topological polar surface area (TPSA) is 38.8 Å². The van der Waals surface area contributed by atoms with Crippen molar-refractivity contribution in [2.75, 3.05) is 44.3 Å². The number of anilines is 1. The van der Waals surface area contributed by atoms with Crippen LogP contribution in [0.4, 0.5) is 5.69 Å². The fourth-order valence-electron chi connectivity index (χ4n) is 3.39. The zero-order chi connectivity index (χ0) is 15.4. The zero-order valence-corrected chi connectivity index (χ0v) is 13.4. The van der Waals surface area contributed by atoms with E-state index in [0.717, 1.165) is 51.4 Å². The Morgan fingerprint density at radius 1 is 1.14 bits per heavy atom. The van der Waals surface area contributed by atoms with Crippen molar-refractivity contribution in [2.45, 2.75) is 25.8 Å². The van der Waals surface area contributed by atoms with Gasteiger partial charge in [-0.1, -0.05) is 18.2 Å². The summed E-state index contributed by atoms with van der Waals surface area (Å²) < 4.78 is 0. The molecule has 3 rings (SSSR count). The fraction of sp³-hybridized carbons (Fsp3) is 0.588. The van der Waals surface area contributed by atoms with Crippen molar-refractivity contribution in [2.24, 2.45) is 0 Å². The molecule has 22 heavy (non-hydrogen) atoms. The maximum Gasteiger partial charge on any atom is 0.243 e. The molecule has 5 heteroatoms. The van der Waals surface area contributed by atoms with Gasteiger partial charge in [0.15, 0.2) is 0 Å². The minimum atomic E-state index is 0.245. The molecule has 0 spiro atoms. The smallest absolute Gasteiger partial charge is 0.243 e. The number of carbonyl (C=O) groups is 1. The summed E-state index contributed by atoms with van der Waals surface area (Å²) in [6.07, 6.45) is 1.64. The summed E-state index contributed by atoms with van der Waals surface area (Å²) in [6.45, 7) is 8.40. The van der Waals surface area contributed by atoms with Crippen LogP contribution in [0.5, 0.6) is 0 Å². The Hall–Kier alpha value is -1.59. The van der Waals surface area contributed by atoms with E-state index in [0.29, 0.717) is 6.42 Å². The van der Waals surface area contributed by atoms with Gasteiger partial charge in [0.2, 0.25) is 5.91 Å². The second-order valence-corrected chi connectivity index (χ2v) is 6.20. The van der Waals surface area contributed by atoms with Crippen LogP contribution in [-0.4, -0.2) is 61.1 Å². The highest BCUT2D eigenvalue weighted by molar-refractivity contribution is 5.82. The van der Waals surface area contributed by atoms with Crippen LogP contribution in [0.3, 0.4) is 0 Å². The molecule has 0 aliphatic carbocycles. The molecule has 1 aromatic rings. The molecular weight excluding hydrogens is 276 g/mol. The molecule has 2 fully saturated rings. The number of hydrazine groups is 1. The van der Waals surface area contributed by atoms with Gasteiger partial charge in [-0.2, -0.15) is 0 Å². The normalized spacial score (nSPS) is 23.3. The molecule has 1 N–H and O–H groups in total. The van der Waals surface area contributed by atoms with E-state index in [-0.39, 0.29) is 11.9 Å². The van der Waals surface area contributed by atoms with Gasteiger partial charge in [-0.05, 0) is 25.5 Å². The van der Waals surface area contributed by atoms with Crippen LogP contribution in [-0.2, 0) is 4.79 Å². The monoisotopic (exact) mass is 302 g/mol. The Bertz CT molecular complexity index is 487. The number of hydrogen-bond acceptors (Lipinski definition) is 4. The summed E-state index contributed by atoms with van der Waals surface area (Å²) in [4.78, 5) is 14.8. The molecule has 2 aliphatic heterocycles. The van der Waals surface area contributed by atoms with Crippen LogP contribution in [0.2, 0.25) is 0 Å². The van der Waals surface area contributed by atoms with Crippen LogP contribution in [0, 0.1) is 0 Å². The van der Waals surface area contributed by atoms with Crippen LogP contribution in [0.1, 0.15) is 19.8 Å². The second-order valence-electron chi connectivity index (χ2n) is 6.20. The lowest BCUT2D eigenvalue weighted by atomic mass is 10.2. The van der Waals surface area contributed by atoms with Crippen molar-refractivity contribution in [1.82, 2.24) is 15.2 Å². The van der Waals surface area contributed by atoms with Crippen molar-refractivity contribution >= 4 is 11.6 Å². The average Bonchev–Trinajstić information content (AvgIpc) is 2.83. The number of nitrogens with zero attached hydrogens (tertiary/aromatic N) is 3. The maximum atomic E-state index is 12.3. The van der Waals surface area contributed by atoms with Crippen molar-refractivity contribution in [3.63, 3.8) is 0 Å². The van der Waals surface area contributed by atoms with E-state index in [9.17, 15) is 4.79 Å². The third-order valence-corrected chi connectivity index (χ3v) is 4.51. The van der Waals surface area contributed by atoms with Gasteiger partial charge < -0.3 is 10.2 Å². The van der Waals surface area contributed by atoms with Crippen LogP contribution in [0.15, 0.2) is 30.3 Å². The molecule has 120 valence electrons. The van der Waals surface area contributed by atoms with Crippen molar-refractivity contribution < 1.29 is 4.79 Å². The highest BCUT2D eigenvalue weighted by Gasteiger charge is 2.34. The predicted molar refractivity (Wildman–Crippen MR) is 88.6 cm³/mol. The maximum absolute atomic E-state index is 12.3. The number of para-hydroxylation sites is 1. The molecule has 1 unspecified atom stereocenters. The number of carbonyl (C=O) groups excluding carboxylic acids is 1. The Kier molecular flexibility index (Phi) is 4.95. The van der Waals surface area contributed by atoms with Gasteiger partial charge in [-0.15, -0.1) is 0 Å². The van der Waals surface area contributed by atoms with Crippen LogP contribution >= 0.6 is 0 Å². The molecule has 1 amide bonds. The van der Waals surface area contributed by atoms with Gasteiger partial charge in [-0.3, -0.25) is 14.8 Å². The van der Waals surface area contributed by atoms with Gasteiger partial charge in [-0.25, -0.2) is 0 Å². The first-order valence-corrected chi connectivity index (χ1v) is 8.33. The van der Waals surface area contributed by atoms with Gasteiger partial charge in [0.1, 0.15) is 0 Å². The summed E-state index contributed by atoms with van der Waals surface area (Å²) >= 11 is 0. The Morgan fingerprint density at radius 3 is 2.59 bits per heavy atom. The highest BCUT2D eigenvalue weighted by Crippen LogP contribution is 2.27. The molecule has 0 aromatic heterocycles. The largest absolute Gasteiger partial charge is 0.314 e. The quantitative estimate of drug-likeness (QED) is 0.890. The highest BCUT2D eigenvalue weighted by atomic mass is 16.2. The predicted octanol–water partition coefficient (Wildman–Crippen LogP) is 1.32. The van der Waals surface area contributed by atoms with E-state index in [2.05, 4.69) is 34.3 Å². The number of hydrogen-bond donors (Lipinski definition) is 1. The van der Waals surface area contributed by atoms with E-state index in [1.165, 1.54) is 0 Å². The van der Waals surface area contributed by atoms with E-state index in [4.69, 9.17) is 0 Å². The third kappa shape index (κ3) is 3.42. The Morgan fingerprint density at radius 2 is 1.86 bits per heavy atom. The molecule has 1 atom stereocenters. The van der Waals surface area contributed by atoms with Gasteiger partial charge in [0, 0.05) is 39.3 Å². The standard InChI is InChI=1S/C17H26N4O/c1-15-14-17(22)20(21(15)16-6-3-2-4-7-16)11-5-10-19-12-8-18-9-13-19/h2-4,6-7,15,18H,5,8-14H2,1H3. The molecule has 5 nitrogen and oxygen atoms in total. The van der Waals surface area contributed by atoms with Crippen LogP contribution < -0.4 is 10.3 Å². The first-order valence-electron chi connectivity index (χ1n) is 8.33. The molecule has 0 radical (unpaired) electrons. The summed E-state index contributed by atoms with van der Waals surface area (Å²) in [6, 6.07) is 10.5. The third-order valence-electron chi connectivity index (χ3n) is 4.51. The number of benzene rings is 1. The number of nitrogens with one attached hydrogen (secondary N) is 1. The molecule has 1 aromatic carbocycles. The number of piperazine rings is 1. The molecule has 2 heterocycles. The minimum Gasteiger partial charge on any atom is -0.314 e. The minimum absolute atomic E-state index is 0.245. The molecular formula is C17H26N4O. The van der Waals surface area contributed by atoms with E-state index < -0.39 is 0 Å². The fourth-order valence-corrected chi connectivity index (χ4v) is 3.39. The average molecular weight is 302 g/mol.